The maximum Gasteiger partial charge on any atom is 0.322 e. The van der Waals surface area contributed by atoms with E-state index in [4.69, 9.17) is 11.6 Å². The monoisotopic (exact) mass is 343 g/mol. The Kier molecular flexibility index (Phi) is 3.65. The lowest BCUT2D eigenvalue weighted by atomic mass is 10.0. The van der Waals surface area contributed by atoms with Crippen LogP contribution in [0.25, 0.3) is 10.9 Å². The summed E-state index contributed by atoms with van der Waals surface area (Å²) in [5.41, 5.74) is 3.61. The lowest BCUT2D eigenvalue weighted by molar-refractivity contribution is 0.206. The Hall–Kier alpha value is -2.53. The van der Waals surface area contributed by atoms with Crippen LogP contribution in [0.1, 0.15) is 11.3 Å². The number of nitrogens with one attached hydrogen (secondary N) is 2. The number of rotatable bonds is 1. The van der Waals surface area contributed by atoms with Crippen molar-refractivity contribution in [3.8, 4) is 0 Å². The first-order valence-electron chi connectivity index (χ1n) is 7.70. The molecule has 0 saturated heterocycles. The van der Waals surface area contributed by atoms with Crippen LogP contribution in [0.4, 0.5) is 14.9 Å². The van der Waals surface area contributed by atoms with Crippen molar-refractivity contribution in [1.82, 2.24) is 9.88 Å². The summed E-state index contributed by atoms with van der Waals surface area (Å²) in [7, 11) is 0. The average Bonchev–Trinajstić information content (AvgIpc) is 2.92. The first kappa shape index (κ1) is 15.0. The van der Waals surface area contributed by atoms with Gasteiger partial charge in [-0.05, 0) is 36.4 Å². The molecular formula is C18H15ClFN3O. The van der Waals surface area contributed by atoms with Crippen LogP contribution in [0, 0.1) is 5.82 Å². The maximum absolute atomic E-state index is 13.5. The second-order valence-electron chi connectivity index (χ2n) is 5.88. The lowest BCUT2D eigenvalue weighted by Gasteiger charge is -2.27. The Morgan fingerprint density at radius 1 is 1.25 bits per heavy atom. The number of nitrogens with zero attached hydrogens (tertiary/aromatic N) is 1. The summed E-state index contributed by atoms with van der Waals surface area (Å²) in [4.78, 5) is 17.5. The van der Waals surface area contributed by atoms with E-state index in [1.54, 1.807) is 35.2 Å². The summed E-state index contributed by atoms with van der Waals surface area (Å²) in [6.45, 7) is 1.06. The van der Waals surface area contributed by atoms with Gasteiger partial charge in [0.25, 0.3) is 0 Å². The topological polar surface area (TPSA) is 48.1 Å². The Labute approximate surface area is 143 Å². The van der Waals surface area contributed by atoms with Gasteiger partial charge in [0.15, 0.2) is 0 Å². The Bertz CT molecular complexity index is 937. The molecular weight excluding hydrogens is 329 g/mol. The third-order valence-electron chi connectivity index (χ3n) is 4.30. The number of urea groups is 1. The number of carbonyl (C=O) groups excluding carboxylic acids is 1. The molecule has 0 bridgehead atoms. The van der Waals surface area contributed by atoms with Crippen molar-refractivity contribution in [3.05, 3.63) is 64.6 Å². The smallest absolute Gasteiger partial charge is 0.322 e. The highest BCUT2D eigenvalue weighted by Gasteiger charge is 2.24. The molecule has 0 saturated carbocycles. The minimum atomic E-state index is -0.273. The van der Waals surface area contributed by atoms with Crippen LogP contribution in [0.3, 0.4) is 0 Å². The first-order chi connectivity index (χ1) is 11.6. The molecule has 0 radical (unpaired) electrons. The van der Waals surface area contributed by atoms with Crippen LogP contribution in [0.15, 0.2) is 42.5 Å². The van der Waals surface area contributed by atoms with Gasteiger partial charge >= 0.3 is 6.03 Å². The predicted octanol–water partition coefficient (Wildman–Crippen LogP) is 4.55. The van der Waals surface area contributed by atoms with Crippen molar-refractivity contribution in [1.29, 1.82) is 0 Å². The second-order valence-corrected chi connectivity index (χ2v) is 6.32. The first-order valence-corrected chi connectivity index (χ1v) is 8.08. The van der Waals surface area contributed by atoms with Crippen LogP contribution in [-0.4, -0.2) is 22.5 Å². The maximum atomic E-state index is 13.5. The zero-order chi connectivity index (χ0) is 16.7. The number of aromatic amines is 1. The predicted molar refractivity (Wildman–Crippen MR) is 92.8 cm³/mol. The van der Waals surface area contributed by atoms with E-state index in [1.807, 2.05) is 0 Å². The molecule has 1 aliphatic rings. The fraction of sp³-hybridized carbons (Fsp3) is 0.167. The van der Waals surface area contributed by atoms with Gasteiger partial charge in [-0.1, -0.05) is 17.7 Å². The van der Waals surface area contributed by atoms with Crippen molar-refractivity contribution in [3.63, 3.8) is 0 Å². The van der Waals surface area contributed by atoms with Gasteiger partial charge < -0.3 is 15.2 Å². The fourth-order valence-corrected chi connectivity index (χ4v) is 3.32. The molecule has 0 unspecified atom stereocenters. The average molecular weight is 344 g/mol. The molecule has 1 aromatic heterocycles. The minimum Gasteiger partial charge on any atom is -0.358 e. The summed E-state index contributed by atoms with van der Waals surface area (Å²) < 4.78 is 13.5. The Morgan fingerprint density at radius 2 is 2.12 bits per heavy atom. The van der Waals surface area contributed by atoms with Gasteiger partial charge in [0.2, 0.25) is 0 Å². The van der Waals surface area contributed by atoms with E-state index >= 15 is 0 Å². The molecule has 24 heavy (non-hydrogen) atoms. The highest BCUT2D eigenvalue weighted by Crippen LogP contribution is 2.28. The molecule has 0 fully saturated rings. The molecule has 0 atom stereocenters. The van der Waals surface area contributed by atoms with E-state index in [0.29, 0.717) is 30.2 Å². The van der Waals surface area contributed by atoms with E-state index in [9.17, 15) is 9.18 Å². The molecule has 0 spiro atoms. The number of halogens is 2. The highest BCUT2D eigenvalue weighted by molar-refractivity contribution is 6.30. The number of benzene rings is 2. The largest absolute Gasteiger partial charge is 0.358 e. The molecule has 122 valence electrons. The van der Waals surface area contributed by atoms with Gasteiger partial charge in [-0.25, -0.2) is 9.18 Å². The van der Waals surface area contributed by atoms with E-state index in [-0.39, 0.29) is 11.8 Å². The van der Waals surface area contributed by atoms with Crippen LogP contribution in [-0.2, 0) is 13.0 Å². The van der Waals surface area contributed by atoms with Crippen LogP contribution >= 0.6 is 11.6 Å². The molecule has 3 aromatic rings. The molecule has 0 aliphatic carbocycles. The molecule has 4 nitrogen and oxygen atoms in total. The summed E-state index contributed by atoms with van der Waals surface area (Å²) in [5.74, 6) is -0.273. The Morgan fingerprint density at radius 3 is 2.96 bits per heavy atom. The summed E-state index contributed by atoms with van der Waals surface area (Å²) in [6.07, 6.45) is 0.717. The molecule has 2 aromatic carbocycles. The summed E-state index contributed by atoms with van der Waals surface area (Å²) in [5, 5.41) is 4.26. The van der Waals surface area contributed by atoms with Crippen molar-refractivity contribution >= 4 is 34.2 Å². The van der Waals surface area contributed by atoms with Crippen molar-refractivity contribution in [2.75, 3.05) is 11.9 Å². The van der Waals surface area contributed by atoms with Crippen LogP contribution < -0.4 is 5.32 Å². The van der Waals surface area contributed by atoms with Gasteiger partial charge in [-0.3, -0.25) is 0 Å². The van der Waals surface area contributed by atoms with E-state index < -0.39 is 0 Å². The van der Waals surface area contributed by atoms with Gasteiger partial charge in [-0.2, -0.15) is 0 Å². The molecule has 1 aliphatic heterocycles. The highest BCUT2D eigenvalue weighted by atomic mass is 35.5. The normalized spacial score (nSPS) is 13.8. The quantitative estimate of drug-likeness (QED) is 0.669. The number of H-pyrrole nitrogens is 1. The Balaban J connectivity index is 1.58. The van der Waals surface area contributed by atoms with Gasteiger partial charge in [0, 0.05) is 52.4 Å². The standard InChI is InChI=1S/C18H15ClFN3O/c19-11-2-1-3-13(8-11)21-18(24)23-7-6-17-15(10-23)14-9-12(20)4-5-16(14)22-17/h1-5,8-9,22H,6-7,10H2,(H,21,24). The lowest BCUT2D eigenvalue weighted by Crippen LogP contribution is -2.38. The van der Waals surface area contributed by atoms with E-state index in [2.05, 4.69) is 10.3 Å². The number of anilines is 1. The zero-order valence-electron chi connectivity index (χ0n) is 12.8. The SMILES string of the molecule is O=C(Nc1cccc(Cl)c1)N1CCc2[nH]c3ccc(F)cc3c2C1. The molecule has 2 heterocycles. The fourth-order valence-electron chi connectivity index (χ4n) is 3.13. The number of carbonyl (C=O) groups is 1. The number of hydrogen-bond donors (Lipinski definition) is 2. The molecule has 4 rings (SSSR count). The number of hydrogen-bond acceptors (Lipinski definition) is 1. The number of fused-ring (bicyclic) bond motifs is 3. The molecule has 6 heteroatoms. The zero-order valence-corrected chi connectivity index (χ0v) is 13.5. The number of amides is 2. The van der Waals surface area contributed by atoms with Gasteiger partial charge in [0.05, 0.1) is 0 Å². The van der Waals surface area contributed by atoms with Gasteiger partial charge in [-0.15, -0.1) is 0 Å². The molecule has 2 N–H and O–H groups in total. The van der Waals surface area contributed by atoms with E-state index in [1.165, 1.54) is 12.1 Å². The van der Waals surface area contributed by atoms with Crippen molar-refractivity contribution in [2.24, 2.45) is 0 Å². The third-order valence-corrected chi connectivity index (χ3v) is 4.54. The minimum absolute atomic E-state index is 0.186. The second kappa shape index (κ2) is 5.83. The van der Waals surface area contributed by atoms with Crippen molar-refractivity contribution < 1.29 is 9.18 Å². The third kappa shape index (κ3) is 2.71. The summed E-state index contributed by atoms with van der Waals surface area (Å²) >= 11 is 5.94. The van der Waals surface area contributed by atoms with Crippen LogP contribution in [0.5, 0.6) is 0 Å². The summed E-state index contributed by atoms with van der Waals surface area (Å²) in [6, 6.07) is 11.5. The van der Waals surface area contributed by atoms with Gasteiger partial charge in [0.1, 0.15) is 5.82 Å². The van der Waals surface area contributed by atoms with E-state index in [0.717, 1.165) is 22.2 Å². The number of aromatic nitrogens is 1. The van der Waals surface area contributed by atoms with Crippen molar-refractivity contribution in [2.45, 2.75) is 13.0 Å². The molecule has 2 amide bonds. The van der Waals surface area contributed by atoms with Crippen LogP contribution in [0.2, 0.25) is 5.02 Å².